The van der Waals surface area contributed by atoms with Gasteiger partial charge >= 0.3 is 0 Å². The van der Waals surface area contributed by atoms with Crippen molar-refractivity contribution >= 4 is 11.6 Å². The van der Waals surface area contributed by atoms with Crippen molar-refractivity contribution in [2.45, 2.75) is 39.7 Å². The number of tetrazole rings is 1. The quantitative estimate of drug-likeness (QED) is 0.706. The minimum Gasteiger partial charge on any atom is -0.481 e. The first-order valence-electron chi connectivity index (χ1n) is 9.26. The van der Waals surface area contributed by atoms with Crippen LogP contribution in [0.25, 0.3) is 11.4 Å². The van der Waals surface area contributed by atoms with Gasteiger partial charge in [-0.25, -0.2) is 4.68 Å². The molecular weight excluding hydrogens is 354 g/mol. The van der Waals surface area contributed by atoms with E-state index in [9.17, 15) is 4.79 Å². The lowest BCUT2D eigenvalue weighted by atomic mass is 10.0. The van der Waals surface area contributed by atoms with Crippen LogP contribution >= 0.6 is 0 Å². The first-order chi connectivity index (χ1) is 13.3. The molecule has 0 aliphatic carbocycles. The number of nitrogens with one attached hydrogen (secondary N) is 1. The lowest BCUT2D eigenvalue weighted by Crippen LogP contribution is -2.30. The predicted octanol–water partition coefficient (Wildman–Crippen LogP) is 3.71. The number of aryl methyl sites for hydroxylation is 2. The van der Waals surface area contributed by atoms with E-state index in [2.05, 4.69) is 46.8 Å². The van der Waals surface area contributed by atoms with Crippen molar-refractivity contribution in [1.82, 2.24) is 20.2 Å². The summed E-state index contributed by atoms with van der Waals surface area (Å²) in [4.78, 5) is 12.7. The Hall–Kier alpha value is -3.22. The van der Waals surface area contributed by atoms with Gasteiger partial charge in [-0.2, -0.15) is 0 Å². The molecule has 0 aliphatic rings. The smallest absolute Gasteiger partial charge is 0.265 e. The largest absolute Gasteiger partial charge is 0.481 e. The van der Waals surface area contributed by atoms with E-state index in [0.717, 1.165) is 22.4 Å². The molecule has 7 nitrogen and oxygen atoms in total. The number of hydrogen-bond acceptors (Lipinski definition) is 5. The lowest BCUT2D eigenvalue weighted by molar-refractivity contribution is -0.122. The Balaban J connectivity index is 1.74. The SMILES string of the molecule is Cc1ccc(C(C)C)c(OC(C)C(=O)Nc2cccc(-c3nnnn3C)c2)c1. The zero-order valence-corrected chi connectivity index (χ0v) is 16.8. The second kappa shape index (κ2) is 8.21. The van der Waals surface area contributed by atoms with Gasteiger partial charge in [0.2, 0.25) is 0 Å². The molecule has 1 aromatic heterocycles. The third kappa shape index (κ3) is 4.36. The summed E-state index contributed by atoms with van der Waals surface area (Å²) < 4.78 is 7.58. The number of carbonyl (C=O) groups is 1. The molecule has 1 heterocycles. The molecule has 0 saturated carbocycles. The van der Waals surface area contributed by atoms with E-state index in [-0.39, 0.29) is 5.91 Å². The summed E-state index contributed by atoms with van der Waals surface area (Å²) in [6.45, 7) is 7.97. The molecule has 1 unspecified atom stereocenters. The minimum atomic E-state index is -0.639. The van der Waals surface area contributed by atoms with Crippen molar-refractivity contribution in [1.29, 1.82) is 0 Å². The first kappa shape index (κ1) is 19.5. The van der Waals surface area contributed by atoms with E-state index in [4.69, 9.17) is 4.74 Å². The number of rotatable bonds is 6. The molecule has 0 bridgehead atoms. The van der Waals surface area contributed by atoms with Crippen LogP contribution in [0.1, 0.15) is 37.8 Å². The van der Waals surface area contributed by atoms with Crippen molar-refractivity contribution in [3.05, 3.63) is 53.6 Å². The van der Waals surface area contributed by atoms with Gasteiger partial charge in [-0.3, -0.25) is 4.79 Å². The van der Waals surface area contributed by atoms with Gasteiger partial charge < -0.3 is 10.1 Å². The summed E-state index contributed by atoms with van der Waals surface area (Å²) in [5, 5.41) is 14.4. The topological polar surface area (TPSA) is 81.9 Å². The maximum absolute atomic E-state index is 12.7. The Morgan fingerprint density at radius 2 is 1.93 bits per heavy atom. The Morgan fingerprint density at radius 3 is 2.61 bits per heavy atom. The Labute approximate surface area is 164 Å². The predicted molar refractivity (Wildman–Crippen MR) is 108 cm³/mol. The van der Waals surface area contributed by atoms with E-state index >= 15 is 0 Å². The second-order valence-electron chi connectivity index (χ2n) is 7.15. The van der Waals surface area contributed by atoms with Crippen molar-refractivity contribution in [3.63, 3.8) is 0 Å². The van der Waals surface area contributed by atoms with E-state index in [0.29, 0.717) is 17.4 Å². The molecule has 28 heavy (non-hydrogen) atoms. The normalized spacial score (nSPS) is 12.1. The Bertz CT molecular complexity index is 980. The van der Waals surface area contributed by atoms with Crippen molar-refractivity contribution in [2.75, 3.05) is 5.32 Å². The van der Waals surface area contributed by atoms with Gasteiger partial charge in [-0.15, -0.1) is 5.10 Å². The number of aromatic nitrogens is 4. The minimum absolute atomic E-state index is 0.218. The molecule has 0 saturated heterocycles. The van der Waals surface area contributed by atoms with Crippen LogP contribution in [-0.2, 0) is 11.8 Å². The van der Waals surface area contributed by atoms with E-state index in [1.165, 1.54) is 0 Å². The highest BCUT2D eigenvalue weighted by Crippen LogP contribution is 2.28. The molecule has 0 radical (unpaired) electrons. The van der Waals surface area contributed by atoms with Crippen LogP contribution in [-0.4, -0.2) is 32.2 Å². The molecule has 0 spiro atoms. The molecule has 146 valence electrons. The van der Waals surface area contributed by atoms with Gasteiger partial charge in [-0.1, -0.05) is 38.1 Å². The Morgan fingerprint density at radius 1 is 1.14 bits per heavy atom. The molecule has 1 amide bonds. The van der Waals surface area contributed by atoms with Gasteiger partial charge in [0, 0.05) is 18.3 Å². The molecule has 1 atom stereocenters. The van der Waals surface area contributed by atoms with Gasteiger partial charge in [0.25, 0.3) is 5.91 Å². The number of ether oxygens (including phenoxy) is 1. The first-order valence-corrected chi connectivity index (χ1v) is 9.26. The van der Waals surface area contributed by atoms with Gasteiger partial charge in [-0.05, 0) is 59.5 Å². The third-order valence-electron chi connectivity index (χ3n) is 4.47. The fraction of sp³-hybridized carbons (Fsp3) is 0.333. The fourth-order valence-electron chi connectivity index (χ4n) is 2.92. The van der Waals surface area contributed by atoms with Crippen molar-refractivity contribution in [2.24, 2.45) is 7.05 Å². The molecule has 0 fully saturated rings. The number of amides is 1. The van der Waals surface area contributed by atoms with Crippen molar-refractivity contribution < 1.29 is 9.53 Å². The number of anilines is 1. The summed E-state index contributed by atoms with van der Waals surface area (Å²) in [5.74, 6) is 1.46. The second-order valence-corrected chi connectivity index (χ2v) is 7.15. The highest BCUT2D eigenvalue weighted by Gasteiger charge is 2.18. The fourth-order valence-corrected chi connectivity index (χ4v) is 2.92. The molecule has 7 heteroatoms. The maximum atomic E-state index is 12.7. The summed E-state index contributed by atoms with van der Waals surface area (Å²) in [5.41, 5.74) is 3.66. The summed E-state index contributed by atoms with van der Waals surface area (Å²) in [6.07, 6.45) is -0.639. The summed E-state index contributed by atoms with van der Waals surface area (Å²) in [6, 6.07) is 13.5. The highest BCUT2D eigenvalue weighted by molar-refractivity contribution is 5.94. The van der Waals surface area contributed by atoms with E-state index in [1.54, 1.807) is 18.7 Å². The molecule has 0 aliphatic heterocycles. The summed E-state index contributed by atoms with van der Waals surface area (Å²) >= 11 is 0. The summed E-state index contributed by atoms with van der Waals surface area (Å²) in [7, 11) is 1.77. The third-order valence-corrected chi connectivity index (χ3v) is 4.47. The monoisotopic (exact) mass is 379 g/mol. The molecule has 2 aromatic carbocycles. The van der Waals surface area contributed by atoms with Crippen LogP contribution in [0.4, 0.5) is 5.69 Å². The van der Waals surface area contributed by atoms with Gasteiger partial charge in [0.05, 0.1) is 0 Å². The zero-order chi connectivity index (χ0) is 20.3. The standard InChI is InChI=1S/C21H25N5O2/c1-13(2)18-10-9-14(3)11-19(18)28-15(4)21(27)22-17-8-6-7-16(12-17)20-23-24-25-26(20)5/h6-13,15H,1-5H3,(H,22,27). The lowest BCUT2D eigenvalue weighted by Gasteiger charge is -2.19. The van der Waals surface area contributed by atoms with E-state index in [1.807, 2.05) is 37.3 Å². The molecule has 1 N–H and O–H groups in total. The van der Waals surface area contributed by atoms with Gasteiger partial charge in [0.15, 0.2) is 11.9 Å². The van der Waals surface area contributed by atoms with Crippen LogP contribution in [0.3, 0.4) is 0 Å². The van der Waals surface area contributed by atoms with Crippen LogP contribution in [0.15, 0.2) is 42.5 Å². The molecular formula is C21H25N5O2. The van der Waals surface area contributed by atoms with Crippen LogP contribution in [0.2, 0.25) is 0 Å². The van der Waals surface area contributed by atoms with Crippen LogP contribution in [0.5, 0.6) is 5.75 Å². The number of nitrogens with zero attached hydrogens (tertiary/aromatic N) is 4. The number of carbonyl (C=O) groups excluding carboxylic acids is 1. The number of hydrogen-bond donors (Lipinski definition) is 1. The average Bonchev–Trinajstić information content (AvgIpc) is 3.07. The maximum Gasteiger partial charge on any atom is 0.265 e. The molecule has 3 rings (SSSR count). The highest BCUT2D eigenvalue weighted by atomic mass is 16.5. The average molecular weight is 379 g/mol. The van der Waals surface area contributed by atoms with Gasteiger partial charge in [0.1, 0.15) is 5.75 Å². The van der Waals surface area contributed by atoms with Crippen LogP contribution < -0.4 is 10.1 Å². The van der Waals surface area contributed by atoms with Crippen molar-refractivity contribution in [3.8, 4) is 17.1 Å². The van der Waals surface area contributed by atoms with E-state index < -0.39 is 6.10 Å². The number of benzene rings is 2. The molecule has 3 aromatic rings. The van der Waals surface area contributed by atoms with Crippen LogP contribution in [0, 0.1) is 6.92 Å². The Kier molecular flexibility index (Phi) is 5.73. The zero-order valence-electron chi connectivity index (χ0n) is 16.8.